The number of rotatable bonds is 9. The normalized spacial score (nSPS) is 23.4. The summed E-state index contributed by atoms with van der Waals surface area (Å²) in [5.41, 5.74) is -0.0931. The zero-order valence-electron chi connectivity index (χ0n) is 19.0. The van der Waals surface area contributed by atoms with Crippen LogP contribution in [-0.2, 0) is 14.3 Å². The third-order valence-electron chi connectivity index (χ3n) is 5.02. The highest BCUT2D eigenvalue weighted by Gasteiger charge is 2.42. The van der Waals surface area contributed by atoms with Gasteiger partial charge in [0.1, 0.15) is 5.84 Å². The van der Waals surface area contributed by atoms with Crippen LogP contribution in [-0.4, -0.2) is 60.0 Å². The SMILES string of the molecule is C=CCOC1N=C(NCCCC(=O)OCC)N=C(C2CC(C)(C)NC(C)(C)C2)N1N. The molecule has 0 spiro atoms. The molecule has 1 fully saturated rings. The molecule has 2 aliphatic heterocycles. The summed E-state index contributed by atoms with van der Waals surface area (Å²) in [7, 11) is 0. The van der Waals surface area contributed by atoms with Crippen LogP contribution in [0.3, 0.4) is 0 Å². The summed E-state index contributed by atoms with van der Waals surface area (Å²) in [5.74, 6) is 7.57. The molecule has 0 saturated carbocycles. The van der Waals surface area contributed by atoms with Gasteiger partial charge in [0.2, 0.25) is 12.3 Å². The first-order chi connectivity index (χ1) is 14.1. The Labute approximate surface area is 180 Å². The zero-order valence-corrected chi connectivity index (χ0v) is 19.0. The van der Waals surface area contributed by atoms with Crippen LogP contribution in [0, 0.1) is 5.92 Å². The van der Waals surface area contributed by atoms with Crippen LogP contribution in [0.4, 0.5) is 0 Å². The van der Waals surface area contributed by atoms with Gasteiger partial charge in [-0.1, -0.05) is 6.08 Å². The van der Waals surface area contributed by atoms with E-state index in [-0.39, 0.29) is 23.0 Å². The number of piperidine rings is 1. The van der Waals surface area contributed by atoms with Crippen molar-refractivity contribution in [1.82, 2.24) is 15.6 Å². The molecule has 0 aliphatic carbocycles. The van der Waals surface area contributed by atoms with Crippen LogP contribution in [0.2, 0.25) is 0 Å². The van der Waals surface area contributed by atoms with Crippen molar-refractivity contribution in [3.63, 3.8) is 0 Å². The molecule has 9 heteroatoms. The first kappa shape index (κ1) is 24.3. The predicted molar refractivity (Wildman–Crippen MR) is 119 cm³/mol. The van der Waals surface area contributed by atoms with Gasteiger partial charge in [0.15, 0.2) is 0 Å². The average molecular weight is 423 g/mol. The maximum absolute atomic E-state index is 11.5. The minimum absolute atomic E-state index is 0.0466. The number of hydrazine groups is 1. The van der Waals surface area contributed by atoms with Crippen molar-refractivity contribution < 1.29 is 14.3 Å². The maximum Gasteiger partial charge on any atom is 0.305 e. The Morgan fingerprint density at radius 2 is 2.03 bits per heavy atom. The number of guanidine groups is 1. The second-order valence-electron chi connectivity index (χ2n) is 9.11. The van der Waals surface area contributed by atoms with E-state index in [0.29, 0.717) is 38.6 Å². The van der Waals surface area contributed by atoms with Gasteiger partial charge in [0, 0.05) is 30.0 Å². The molecule has 1 saturated heterocycles. The average Bonchev–Trinajstić information content (AvgIpc) is 2.62. The van der Waals surface area contributed by atoms with E-state index >= 15 is 0 Å². The molecule has 0 radical (unpaired) electrons. The van der Waals surface area contributed by atoms with E-state index in [9.17, 15) is 4.79 Å². The zero-order chi connectivity index (χ0) is 22.4. The second kappa shape index (κ2) is 10.4. The van der Waals surface area contributed by atoms with Gasteiger partial charge in [0.25, 0.3) is 0 Å². The standard InChI is InChI=1S/C21H38N6O3/c1-7-12-30-19-25-18(23-11-9-10-16(28)29-8-2)24-17(27(19)22)15-13-20(3,4)26-21(5,6)14-15/h7,15,19,26H,1,8-14,22H2,2-6H3,(H,23,25). The number of carbonyl (C=O) groups is 1. The van der Waals surface area contributed by atoms with Gasteiger partial charge in [-0.2, -0.15) is 9.98 Å². The summed E-state index contributed by atoms with van der Waals surface area (Å²) in [6.45, 7) is 15.5. The first-order valence-corrected chi connectivity index (χ1v) is 10.7. The first-order valence-electron chi connectivity index (χ1n) is 10.7. The lowest BCUT2D eigenvalue weighted by molar-refractivity contribution is -0.143. The van der Waals surface area contributed by atoms with Gasteiger partial charge in [-0.3, -0.25) is 4.79 Å². The molecule has 30 heavy (non-hydrogen) atoms. The molecule has 0 aromatic heterocycles. The molecule has 2 heterocycles. The van der Waals surface area contributed by atoms with E-state index < -0.39 is 6.35 Å². The molecular weight excluding hydrogens is 384 g/mol. The van der Waals surface area contributed by atoms with Crippen LogP contribution in [0.5, 0.6) is 0 Å². The lowest BCUT2D eigenvalue weighted by atomic mass is 9.75. The summed E-state index contributed by atoms with van der Waals surface area (Å²) >= 11 is 0. The van der Waals surface area contributed by atoms with Crippen molar-refractivity contribution in [3.05, 3.63) is 12.7 Å². The summed E-state index contributed by atoms with van der Waals surface area (Å²) in [5, 5.41) is 8.42. The number of amidine groups is 1. The minimum Gasteiger partial charge on any atom is -0.466 e. The minimum atomic E-state index is -0.677. The Hall–Kier alpha value is -1.97. The molecule has 4 N–H and O–H groups in total. The molecule has 0 bridgehead atoms. The molecule has 1 atom stereocenters. The van der Waals surface area contributed by atoms with Crippen LogP contribution >= 0.6 is 0 Å². The number of nitrogens with one attached hydrogen (secondary N) is 2. The summed E-state index contributed by atoms with van der Waals surface area (Å²) in [6.07, 6.45) is 3.75. The molecule has 2 rings (SSSR count). The fraction of sp³-hybridized carbons (Fsp3) is 0.762. The largest absolute Gasteiger partial charge is 0.466 e. The van der Waals surface area contributed by atoms with Crippen LogP contribution in [0.15, 0.2) is 22.6 Å². The monoisotopic (exact) mass is 422 g/mol. The highest BCUT2D eigenvalue weighted by molar-refractivity contribution is 5.98. The number of aliphatic imine (C=N–C) groups is 2. The van der Waals surface area contributed by atoms with Crippen molar-refractivity contribution >= 4 is 17.8 Å². The molecule has 0 amide bonds. The highest BCUT2D eigenvalue weighted by atomic mass is 16.5. The maximum atomic E-state index is 11.5. The van der Waals surface area contributed by atoms with Gasteiger partial charge in [-0.05, 0) is 53.9 Å². The number of ether oxygens (including phenoxy) is 2. The number of nitrogens with zero attached hydrogens (tertiary/aromatic N) is 3. The van der Waals surface area contributed by atoms with Crippen molar-refractivity contribution in [1.29, 1.82) is 0 Å². The van der Waals surface area contributed by atoms with Gasteiger partial charge in [0.05, 0.1) is 13.2 Å². The third kappa shape index (κ3) is 7.07. The Balaban J connectivity index is 2.13. The van der Waals surface area contributed by atoms with Gasteiger partial charge < -0.3 is 20.1 Å². The summed E-state index contributed by atoms with van der Waals surface area (Å²) in [4.78, 5) is 20.7. The number of hydrogen-bond donors (Lipinski definition) is 3. The lowest BCUT2D eigenvalue weighted by Crippen LogP contribution is -2.62. The molecular formula is C21H38N6O3. The number of hydrogen-bond acceptors (Lipinski definition) is 9. The molecule has 2 aliphatic rings. The fourth-order valence-corrected chi connectivity index (χ4v) is 4.30. The van der Waals surface area contributed by atoms with E-state index in [0.717, 1.165) is 18.7 Å². The molecule has 0 aromatic rings. The molecule has 9 nitrogen and oxygen atoms in total. The van der Waals surface area contributed by atoms with Crippen molar-refractivity contribution in [3.8, 4) is 0 Å². The van der Waals surface area contributed by atoms with E-state index in [2.05, 4.69) is 49.9 Å². The third-order valence-corrected chi connectivity index (χ3v) is 5.02. The van der Waals surface area contributed by atoms with Crippen molar-refractivity contribution in [2.75, 3.05) is 19.8 Å². The van der Waals surface area contributed by atoms with Crippen molar-refractivity contribution in [2.45, 2.75) is 77.7 Å². The Bertz CT molecular complexity index is 658. The van der Waals surface area contributed by atoms with Gasteiger partial charge in [-0.15, -0.1) is 6.58 Å². The Morgan fingerprint density at radius 1 is 1.37 bits per heavy atom. The van der Waals surface area contributed by atoms with E-state index in [1.165, 1.54) is 5.01 Å². The number of carbonyl (C=O) groups excluding carboxylic acids is 1. The lowest BCUT2D eigenvalue weighted by Gasteiger charge is -2.48. The predicted octanol–water partition coefficient (Wildman–Crippen LogP) is 1.91. The number of esters is 1. The Morgan fingerprint density at radius 3 is 2.63 bits per heavy atom. The van der Waals surface area contributed by atoms with E-state index in [1.54, 1.807) is 13.0 Å². The fourth-order valence-electron chi connectivity index (χ4n) is 4.30. The molecule has 170 valence electrons. The van der Waals surface area contributed by atoms with Crippen LogP contribution < -0.4 is 16.5 Å². The highest BCUT2D eigenvalue weighted by Crippen LogP contribution is 2.35. The van der Waals surface area contributed by atoms with Crippen molar-refractivity contribution in [2.24, 2.45) is 21.7 Å². The number of nitrogens with two attached hydrogens (primary N) is 1. The summed E-state index contributed by atoms with van der Waals surface area (Å²) < 4.78 is 10.7. The smallest absolute Gasteiger partial charge is 0.305 e. The Kier molecular flexibility index (Phi) is 8.40. The topological polar surface area (TPSA) is 114 Å². The second-order valence-corrected chi connectivity index (χ2v) is 9.11. The van der Waals surface area contributed by atoms with Gasteiger partial charge >= 0.3 is 5.97 Å². The summed E-state index contributed by atoms with van der Waals surface area (Å²) in [6, 6.07) is 0. The quantitative estimate of drug-likeness (QED) is 0.225. The van der Waals surface area contributed by atoms with Crippen LogP contribution in [0.25, 0.3) is 0 Å². The van der Waals surface area contributed by atoms with E-state index in [1.807, 2.05) is 0 Å². The van der Waals surface area contributed by atoms with Crippen LogP contribution in [0.1, 0.15) is 60.3 Å². The van der Waals surface area contributed by atoms with Gasteiger partial charge in [-0.25, -0.2) is 10.9 Å². The van der Waals surface area contributed by atoms with E-state index in [4.69, 9.17) is 20.3 Å². The molecule has 1 unspecified atom stereocenters. The molecule has 0 aromatic carbocycles.